The van der Waals surface area contributed by atoms with E-state index in [0.717, 1.165) is 10.8 Å². The van der Waals surface area contributed by atoms with Crippen molar-refractivity contribution in [1.29, 1.82) is 0 Å². The lowest BCUT2D eigenvalue weighted by Gasteiger charge is -2.14. The summed E-state index contributed by atoms with van der Waals surface area (Å²) in [5.41, 5.74) is 0.818. The summed E-state index contributed by atoms with van der Waals surface area (Å²) in [5, 5.41) is 2.85. The fourth-order valence-corrected chi connectivity index (χ4v) is 3.51. The molecule has 0 spiro atoms. The average molecular weight is 406 g/mol. The standard InChI is InChI=1S/C24H22O6/c1-13(23(27)29-3)21(25)17-9-5-7-15-12-20-16(11-19(15)17)8-6-10-18(20)22(26)14(2)24(28)30-4/h5-14H,1-4H3. The van der Waals surface area contributed by atoms with E-state index >= 15 is 0 Å². The Morgan fingerprint density at radius 2 is 1.03 bits per heavy atom. The van der Waals surface area contributed by atoms with Crippen LogP contribution in [0.25, 0.3) is 21.5 Å². The van der Waals surface area contributed by atoms with Gasteiger partial charge in [0.15, 0.2) is 11.6 Å². The highest BCUT2D eigenvalue weighted by molar-refractivity contribution is 6.20. The molecule has 3 aromatic rings. The van der Waals surface area contributed by atoms with Crippen molar-refractivity contribution >= 4 is 45.0 Å². The lowest BCUT2D eigenvalue weighted by Crippen LogP contribution is -2.23. The Labute approximate surface area is 173 Å². The van der Waals surface area contributed by atoms with Gasteiger partial charge in [-0.3, -0.25) is 19.2 Å². The van der Waals surface area contributed by atoms with Gasteiger partial charge in [0.25, 0.3) is 0 Å². The molecule has 0 amide bonds. The molecular weight excluding hydrogens is 384 g/mol. The van der Waals surface area contributed by atoms with Crippen LogP contribution < -0.4 is 0 Å². The van der Waals surface area contributed by atoms with Gasteiger partial charge in [0.05, 0.1) is 14.2 Å². The fraction of sp³-hybridized carbons (Fsp3) is 0.250. The van der Waals surface area contributed by atoms with Crippen molar-refractivity contribution in [3.8, 4) is 0 Å². The van der Waals surface area contributed by atoms with Gasteiger partial charge >= 0.3 is 11.9 Å². The summed E-state index contributed by atoms with van der Waals surface area (Å²) in [6, 6.07) is 14.1. The first-order valence-corrected chi connectivity index (χ1v) is 9.49. The maximum atomic E-state index is 12.9. The molecule has 2 unspecified atom stereocenters. The Morgan fingerprint density at radius 1 is 0.667 bits per heavy atom. The van der Waals surface area contributed by atoms with Crippen molar-refractivity contribution in [3.05, 3.63) is 59.7 Å². The van der Waals surface area contributed by atoms with Crippen LogP contribution in [0.3, 0.4) is 0 Å². The Morgan fingerprint density at radius 3 is 1.37 bits per heavy atom. The fourth-order valence-electron chi connectivity index (χ4n) is 3.51. The SMILES string of the molecule is COC(=O)C(C)C(=O)c1cccc2cc3c(C(=O)C(C)C(=O)OC)cccc3cc12. The summed E-state index contributed by atoms with van der Waals surface area (Å²) in [7, 11) is 2.49. The summed E-state index contributed by atoms with van der Waals surface area (Å²) in [4.78, 5) is 49.4. The second-order valence-corrected chi connectivity index (χ2v) is 7.12. The minimum Gasteiger partial charge on any atom is -0.468 e. The molecule has 3 aromatic carbocycles. The first-order chi connectivity index (χ1) is 14.3. The zero-order chi connectivity index (χ0) is 22.0. The second kappa shape index (κ2) is 8.45. The van der Waals surface area contributed by atoms with Crippen LogP contribution in [-0.4, -0.2) is 37.7 Å². The molecule has 0 aliphatic heterocycles. The van der Waals surface area contributed by atoms with Gasteiger partial charge < -0.3 is 9.47 Å². The molecule has 0 aliphatic rings. The highest BCUT2D eigenvalue weighted by atomic mass is 16.5. The number of ketones is 2. The number of esters is 2. The number of hydrogen-bond acceptors (Lipinski definition) is 6. The molecule has 0 saturated carbocycles. The maximum absolute atomic E-state index is 12.9. The Kier molecular flexibility index (Phi) is 5.96. The molecule has 2 atom stereocenters. The molecule has 0 aliphatic carbocycles. The zero-order valence-corrected chi connectivity index (χ0v) is 17.2. The molecule has 0 aromatic heterocycles. The van der Waals surface area contributed by atoms with Gasteiger partial charge in [-0.2, -0.15) is 0 Å². The van der Waals surface area contributed by atoms with Crippen molar-refractivity contribution in [3.63, 3.8) is 0 Å². The summed E-state index contributed by atoms with van der Waals surface area (Å²) >= 11 is 0. The number of methoxy groups -OCH3 is 2. The number of fused-ring (bicyclic) bond motifs is 2. The molecule has 0 fully saturated rings. The van der Waals surface area contributed by atoms with E-state index in [9.17, 15) is 19.2 Å². The number of carbonyl (C=O) groups excluding carboxylic acids is 4. The van der Waals surface area contributed by atoms with Crippen molar-refractivity contribution in [2.75, 3.05) is 14.2 Å². The predicted octanol–water partition coefficient (Wildman–Crippen LogP) is 3.98. The van der Waals surface area contributed by atoms with Gasteiger partial charge in [-0.15, -0.1) is 0 Å². The van der Waals surface area contributed by atoms with Crippen molar-refractivity contribution in [2.45, 2.75) is 13.8 Å². The monoisotopic (exact) mass is 406 g/mol. The number of hydrogen-bond donors (Lipinski definition) is 0. The lowest BCUT2D eigenvalue weighted by molar-refractivity contribution is -0.144. The number of benzene rings is 3. The Hall–Kier alpha value is -3.54. The largest absolute Gasteiger partial charge is 0.468 e. The van der Waals surface area contributed by atoms with E-state index in [4.69, 9.17) is 9.47 Å². The smallest absolute Gasteiger partial charge is 0.316 e. The summed E-state index contributed by atoms with van der Waals surface area (Å²) in [6.45, 7) is 3.03. The molecule has 0 saturated heterocycles. The summed E-state index contributed by atoms with van der Waals surface area (Å²) in [6.07, 6.45) is 0. The average Bonchev–Trinajstić information content (AvgIpc) is 2.78. The third kappa shape index (κ3) is 3.68. The van der Waals surface area contributed by atoms with Crippen LogP contribution in [0.1, 0.15) is 34.6 Å². The van der Waals surface area contributed by atoms with Crippen LogP contribution >= 0.6 is 0 Å². The lowest BCUT2D eigenvalue weighted by atomic mass is 9.90. The van der Waals surface area contributed by atoms with Gasteiger partial charge in [-0.25, -0.2) is 0 Å². The molecule has 0 radical (unpaired) electrons. The van der Waals surface area contributed by atoms with Crippen molar-refractivity contribution in [1.82, 2.24) is 0 Å². The minimum absolute atomic E-state index is 0.335. The van der Waals surface area contributed by atoms with Crippen LogP contribution in [-0.2, 0) is 19.1 Å². The molecule has 30 heavy (non-hydrogen) atoms. The topological polar surface area (TPSA) is 86.7 Å². The quantitative estimate of drug-likeness (QED) is 0.266. The van der Waals surface area contributed by atoms with Crippen LogP contribution in [0, 0.1) is 11.8 Å². The van der Waals surface area contributed by atoms with E-state index in [-0.39, 0.29) is 11.6 Å². The second-order valence-electron chi connectivity index (χ2n) is 7.12. The van der Waals surface area contributed by atoms with E-state index in [1.165, 1.54) is 28.1 Å². The Balaban J connectivity index is 2.17. The van der Waals surface area contributed by atoms with Crippen LogP contribution in [0.4, 0.5) is 0 Å². The molecule has 3 rings (SSSR count). The predicted molar refractivity (Wildman–Crippen MR) is 112 cm³/mol. The number of carbonyl (C=O) groups is 4. The van der Waals surface area contributed by atoms with Gasteiger partial charge in [0.1, 0.15) is 11.8 Å². The first-order valence-electron chi connectivity index (χ1n) is 9.49. The van der Waals surface area contributed by atoms with Gasteiger partial charge in [-0.05, 0) is 47.5 Å². The molecule has 154 valence electrons. The minimum atomic E-state index is -0.926. The van der Waals surface area contributed by atoms with Crippen LogP contribution in [0.2, 0.25) is 0 Å². The molecule has 0 N–H and O–H groups in total. The number of ether oxygens (including phenoxy) is 2. The van der Waals surface area contributed by atoms with Crippen LogP contribution in [0.5, 0.6) is 0 Å². The van der Waals surface area contributed by atoms with Crippen LogP contribution in [0.15, 0.2) is 48.5 Å². The van der Waals surface area contributed by atoms with Crippen molar-refractivity contribution < 1.29 is 28.7 Å². The molecule has 6 nitrogen and oxygen atoms in total. The third-order valence-corrected chi connectivity index (χ3v) is 5.31. The van der Waals surface area contributed by atoms with E-state index < -0.39 is 23.8 Å². The van der Waals surface area contributed by atoms with E-state index in [2.05, 4.69) is 0 Å². The number of Topliss-reactive ketones (excluding diaryl/α,β-unsaturated/α-hetero) is 2. The van der Waals surface area contributed by atoms with Gasteiger partial charge in [-0.1, -0.05) is 36.4 Å². The maximum Gasteiger partial charge on any atom is 0.316 e. The summed E-state index contributed by atoms with van der Waals surface area (Å²) in [5.74, 6) is -3.71. The molecule has 0 bridgehead atoms. The molecule has 6 heteroatoms. The molecule has 0 heterocycles. The zero-order valence-electron chi connectivity index (χ0n) is 17.2. The molecular formula is C24H22O6. The summed E-state index contributed by atoms with van der Waals surface area (Å²) < 4.78 is 9.39. The normalized spacial score (nSPS) is 12.9. The van der Waals surface area contributed by atoms with E-state index in [0.29, 0.717) is 21.9 Å². The van der Waals surface area contributed by atoms with Gasteiger partial charge in [0.2, 0.25) is 0 Å². The van der Waals surface area contributed by atoms with E-state index in [1.54, 1.807) is 24.3 Å². The van der Waals surface area contributed by atoms with E-state index in [1.807, 2.05) is 24.3 Å². The highest BCUT2D eigenvalue weighted by Crippen LogP contribution is 2.30. The van der Waals surface area contributed by atoms with Crippen molar-refractivity contribution in [2.24, 2.45) is 11.8 Å². The highest BCUT2D eigenvalue weighted by Gasteiger charge is 2.26. The van der Waals surface area contributed by atoms with Gasteiger partial charge in [0, 0.05) is 11.1 Å². The Bertz CT molecular complexity index is 1080. The first kappa shape index (κ1) is 21.2. The third-order valence-electron chi connectivity index (χ3n) is 5.31. The number of rotatable bonds is 6.